The van der Waals surface area contributed by atoms with Gasteiger partial charge in [0.15, 0.2) is 0 Å². The summed E-state index contributed by atoms with van der Waals surface area (Å²) in [5.41, 5.74) is 2.50. The van der Waals surface area contributed by atoms with Gasteiger partial charge in [-0.3, -0.25) is 0 Å². The minimum Gasteiger partial charge on any atom is -0.388 e. The van der Waals surface area contributed by atoms with Gasteiger partial charge in [-0.15, -0.1) is 0 Å². The monoisotopic (exact) mass is 274 g/mol. The molecule has 20 heavy (non-hydrogen) atoms. The van der Waals surface area contributed by atoms with Gasteiger partial charge in [0, 0.05) is 13.0 Å². The smallest absolute Gasteiger partial charge is 0.0814 e. The van der Waals surface area contributed by atoms with Crippen LogP contribution in [0.4, 0.5) is 0 Å². The highest BCUT2D eigenvalue weighted by Gasteiger charge is 2.21. The molecule has 1 aromatic rings. The summed E-state index contributed by atoms with van der Waals surface area (Å²) in [5, 5.41) is 10.3. The lowest BCUT2D eigenvalue weighted by Gasteiger charge is -2.22. The van der Waals surface area contributed by atoms with Gasteiger partial charge in [0.05, 0.1) is 12.2 Å². The van der Waals surface area contributed by atoms with Crippen molar-refractivity contribution in [3.8, 4) is 0 Å². The molecule has 1 aromatic carbocycles. The molecule has 1 aliphatic heterocycles. The van der Waals surface area contributed by atoms with Crippen LogP contribution < -0.4 is 0 Å². The summed E-state index contributed by atoms with van der Waals surface area (Å²) < 4.78 is 5.60. The Morgan fingerprint density at radius 2 is 1.75 bits per heavy atom. The second-order valence-electron chi connectivity index (χ2n) is 6.39. The van der Waals surface area contributed by atoms with E-state index in [9.17, 15) is 5.11 Å². The van der Waals surface area contributed by atoms with Crippen LogP contribution in [0.15, 0.2) is 24.3 Å². The first-order valence-corrected chi connectivity index (χ1v) is 8.22. The summed E-state index contributed by atoms with van der Waals surface area (Å²) in [6, 6.07) is 8.68. The number of hydrogen-bond acceptors (Lipinski definition) is 2. The van der Waals surface area contributed by atoms with E-state index in [1.165, 1.54) is 37.7 Å². The molecule has 1 heterocycles. The molecule has 0 amide bonds. The molecule has 1 saturated carbocycles. The van der Waals surface area contributed by atoms with Crippen molar-refractivity contribution in [3.05, 3.63) is 35.4 Å². The van der Waals surface area contributed by atoms with Crippen LogP contribution in [0.25, 0.3) is 0 Å². The molecule has 2 atom stereocenters. The molecule has 0 radical (unpaired) electrons. The molecule has 110 valence electrons. The minimum absolute atomic E-state index is 0.253. The van der Waals surface area contributed by atoms with Crippen molar-refractivity contribution in [2.45, 2.75) is 69.5 Å². The Balaban J connectivity index is 1.59. The van der Waals surface area contributed by atoms with Gasteiger partial charge in [0.2, 0.25) is 0 Å². The number of ether oxygens (including phenoxy) is 1. The summed E-state index contributed by atoms with van der Waals surface area (Å²) in [5.74, 6) is 0.744. The largest absolute Gasteiger partial charge is 0.388 e. The summed E-state index contributed by atoms with van der Waals surface area (Å²) in [4.78, 5) is 0. The standard InChI is InChI=1S/C18H26O2/c19-18(13-17-7-4-12-20-17)16-10-8-15(9-11-16)14-5-2-1-3-6-14/h8-11,14,17-19H,1-7,12-13H2. The Hall–Kier alpha value is -0.860. The number of hydrogen-bond donors (Lipinski definition) is 1. The zero-order valence-corrected chi connectivity index (χ0v) is 12.3. The van der Waals surface area contributed by atoms with E-state index in [0.29, 0.717) is 0 Å². The average molecular weight is 274 g/mol. The zero-order valence-electron chi connectivity index (χ0n) is 12.3. The van der Waals surface area contributed by atoms with Crippen molar-refractivity contribution in [1.82, 2.24) is 0 Å². The third kappa shape index (κ3) is 3.42. The first kappa shape index (κ1) is 14.1. The van der Waals surface area contributed by atoms with Crippen LogP contribution in [-0.4, -0.2) is 17.8 Å². The molecule has 0 bridgehead atoms. The van der Waals surface area contributed by atoms with Crippen LogP contribution in [0.2, 0.25) is 0 Å². The first-order valence-electron chi connectivity index (χ1n) is 8.22. The Bertz CT molecular complexity index is 400. The predicted octanol–water partition coefficient (Wildman–Crippen LogP) is 4.34. The van der Waals surface area contributed by atoms with Crippen molar-refractivity contribution in [2.24, 2.45) is 0 Å². The maximum atomic E-state index is 10.3. The highest BCUT2D eigenvalue weighted by atomic mass is 16.5. The van der Waals surface area contributed by atoms with Crippen LogP contribution in [0.5, 0.6) is 0 Å². The van der Waals surface area contributed by atoms with Gasteiger partial charge < -0.3 is 9.84 Å². The normalized spacial score (nSPS) is 25.8. The van der Waals surface area contributed by atoms with E-state index in [4.69, 9.17) is 4.74 Å². The quantitative estimate of drug-likeness (QED) is 0.885. The number of rotatable bonds is 4. The van der Waals surface area contributed by atoms with Crippen LogP contribution in [0, 0.1) is 0 Å². The Labute approximate surface area is 122 Å². The zero-order chi connectivity index (χ0) is 13.8. The van der Waals surface area contributed by atoms with Crippen LogP contribution >= 0.6 is 0 Å². The fraction of sp³-hybridized carbons (Fsp3) is 0.667. The van der Waals surface area contributed by atoms with E-state index in [1.54, 1.807) is 0 Å². The van der Waals surface area contributed by atoms with Gasteiger partial charge >= 0.3 is 0 Å². The number of aliphatic hydroxyl groups excluding tert-OH is 1. The Morgan fingerprint density at radius 3 is 2.40 bits per heavy atom. The molecule has 2 nitrogen and oxygen atoms in total. The second-order valence-corrected chi connectivity index (χ2v) is 6.39. The predicted molar refractivity (Wildman–Crippen MR) is 80.8 cm³/mol. The SMILES string of the molecule is OC(CC1CCCO1)c1ccc(C2CCCCC2)cc1. The van der Waals surface area contributed by atoms with E-state index in [0.717, 1.165) is 37.4 Å². The van der Waals surface area contributed by atoms with Gasteiger partial charge in [-0.1, -0.05) is 43.5 Å². The van der Waals surface area contributed by atoms with E-state index in [-0.39, 0.29) is 12.2 Å². The van der Waals surface area contributed by atoms with Crippen LogP contribution in [0.1, 0.15) is 74.5 Å². The van der Waals surface area contributed by atoms with Gasteiger partial charge in [-0.2, -0.15) is 0 Å². The fourth-order valence-electron chi connectivity index (χ4n) is 3.64. The molecule has 2 unspecified atom stereocenters. The fourth-order valence-corrected chi connectivity index (χ4v) is 3.64. The molecule has 0 spiro atoms. The van der Waals surface area contributed by atoms with E-state index in [2.05, 4.69) is 24.3 Å². The van der Waals surface area contributed by atoms with E-state index >= 15 is 0 Å². The lowest BCUT2D eigenvalue weighted by Crippen LogP contribution is -2.11. The maximum Gasteiger partial charge on any atom is 0.0814 e. The molecule has 3 rings (SSSR count). The molecule has 2 heteroatoms. The first-order chi connectivity index (χ1) is 9.83. The lowest BCUT2D eigenvalue weighted by molar-refractivity contribution is 0.0535. The molecule has 0 aromatic heterocycles. The van der Waals surface area contributed by atoms with Crippen LogP contribution in [0.3, 0.4) is 0 Å². The van der Waals surface area contributed by atoms with Crippen molar-refractivity contribution < 1.29 is 9.84 Å². The van der Waals surface area contributed by atoms with Crippen molar-refractivity contribution in [3.63, 3.8) is 0 Å². The minimum atomic E-state index is -0.376. The molecule has 1 saturated heterocycles. The third-order valence-electron chi connectivity index (χ3n) is 4.91. The number of benzene rings is 1. The van der Waals surface area contributed by atoms with Gasteiger partial charge in [-0.25, -0.2) is 0 Å². The molecular formula is C18H26O2. The number of aliphatic hydroxyl groups is 1. The molecule has 1 aliphatic carbocycles. The third-order valence-corrected chi connectivity index (χ3v) is 4.91. The topological polar surface area (TPSA) is 29.5 Å². The Morgan fingerprint density at radius 1 is 1.00 bits per heavy atom. The van der Waals surface area contributed by atoms with Gasteiger partial charge in [0.1, 0.15) is 0 Å². The van der Waals surface area contributed by atoms with Gasteiger partial charge in [0.25, 0.3) is 0 Å². The molecule has 1 N–H and O–H groups in total. The van der Waals surface area contributed by atoms with E-state index < -0.39 is 0 Å². The summed E-state index contributed by atoms with van der Waals surface area (Å²) in [6.07, 6.45) is 9.64. The van der Waals surface area contributed by atoms with Gasteiger partial charge in [-0.05, 0) is 42.7 Å². The van der Waals surface area contributed by atoms with Crippen molar-refractivity contribution in [2.75, 3.05) is 6.61 Å². The summed E-state index contributed by atoms with van der Waals surface area (Å²) in [6.45, 7) is 0.859. The average Bonchev–Trinajstić information content (AvgIpc) is 3.01. The molecule has 2 fully saturated rings. The molecule has 2 aliphatic rings. The highest BCUT2D eigenvalue weighted by Crippen LogP contribution is 2.33. The van der Waals surface area contributed by atoms with Crippen LogP contribution in [-0.2, 0) is 4.74 Å². The molecular weight excluding hydrogens is 248 g/mol. The highest BCUT2D eigenvalue weighted by molar-refractivity contribution is 5.27. The summed E-state index contributed by atoms with van der Waals surface area (Å²) >= 11 is 0. The maximum absolute atomic E-state index is 10.3. The summed E-state index contributed by atoms with van der Waals surface area (Å²) in [7, 11) is 0. The lowest BCUT2D eigenvalue weighted by atomic mass is 9.83. The Kier molecular flexibility index (Phi) is 4.74. The van der Waals surface area contributed by atoms with E-state index in [1.807, 2.05) is 0 Å². The van der Waals surface area contributed by atoms with Crippen molar-refractivity contribution in [1.29, 1.82) is 0 Å². The van der Waals surface area contributed by atoms with Crippen molar-refractivity contribution >= 4 is 0 Å². The second kappa shape index (κ2) is 6.73.